The molecule has 4 unspecified atom stereocenters. The van der Waals surface area contributed by atoms with Crippen LogP contribution in [0.15, 0.2) is 0 Å². The first-order valence-electron chi connectivity index (χ1n) is 8.35. The van der Waals surface area contributed by atoms with Gasteiger partial charge in [-0.2, -0.15) is 23.5 Å². The van der Waals surface area contributed by atoms with Crippen LogP contribution in [0.5, 0.6) is 0 Å². The van der Waals surface area contributed by atoms with Gasteiger partial charge in [0.1, 0.15) is 12.1 Å². The Hall–Kier alpha value is -0.930. The first-order chi connectivity index (χ1) is 11.8. The van der Waals surface area contributed by atoms with E-state index < -0.39 is 30.0 Å². The number of carbonyl (C=O) groups is 3. The van der Waals surface area contributed by atoms with E-state index in [-0.39, 0.29) is 11.8 Å². The van der Waals surface area contributed by atoms with Gasteiger partial charge in [-0.05, 0) is 42.8 Å². The molecule has 0 aromatic rings. The highest BCUT2D eigenvalue weighted by Crippen LogP contribution is 2.10. The molecule has 0 heterocycles. The first-order valence-corrected chi connectivity index (χ1v) is 11.1. The Bertz CT molecular complexity index is 438. The topological polar surface area (TPSA) is 122 Å². The zero-order valence-corrected chi connectivity index (χ0v) is 17.0. The van der Waals surface area contributed by atoms with Gasteiger partial charge in [0.05, 0.1) is 6.04 Å². The molecule has 0 aromatic carbocycles. The van der Waals surface area contributed by atoms with Crippen molar-refractivity contribution in [3.05, 3.63) is 0 Å². The van der Waals surface area contributed by atoms with Crippen molar-refractivity contribution in [2.75, 3.05) is 24.0 Å². The quantitative estimate of drug-likeness (QED) is 0.367. The molecule has 0 saturated heterocycles. The minimum atomic E-state index is -1.08. The molecule has 2 amide bonds. The van der Waals surface area contributed by atoms with Gasteiger partial charge in [-0.25, -0.2) is 4.79 Å². The van der Waals surface area contributed by atoms with Crippen LogP contribution in [0.1, 0.15) is 33.1 Å². The lowest BCUT2D eigenvalue weighted by Crippen LogP contribution is -2.56. The molecule has 0 saturated carbocycles. The van der Waals surface area contributed by atoms with E-state index >= 15 is 0 Å². The number of nitrogens with two attached hydrogens (primary N) is 1. The second kappa shape index (κ2) is 13.3. The van der Waals surface area contributed by atoms with Gasteiger partial charge in [0.15, 0.2) is 0 Å². The molecule has 0 fully saturated rings. The van der Waals surface area contributed by atoms with Crippen molar-refractivity contribution < 1.29 is 19.5 Å². The molecule has 0 bridgehead atoms. The van der Waals surface area contributed by atoms with Crippen LogP contribution in [0.4, 0.5) is 0 Å². The smallest absolute Gasteiger partial charge is 0.326 e. The number of hydrogen-bond acceptors (Lipinski definition) is 6. The zero-order valence-electron chi connectivity index (χ0n) is 15.4. The lowest BCUT2D eigenvalue weighted by atomic mass is 9.97. The monoisotopic (exact) mass is 393 g/mol. The minimum Gasteiger partial charge on any atom is -0.480 e. The number of carbonyl (C=O) groups excluding carboxylic acids is 2. The molecule has 0 aliphatic heterocycles. The van der Waals surface area contributed by atoms with Crippen LogP contribution in [0.3, 0.4) is 0 Å². The average Bonchev–Trinajstić information content (AvgIpc) is 2.59. The number of aliphatic carboxylic acids is 1. The largest absolute Gasteiger partial charge is 0.480 e. The Balaban J connectivity index is 4.97. The summed E-state index contributed by atoms with van der Waals surface area (Å²) in [7, 11) is 0. The molecule has 146 valence electrons. The maximum absolute atomic E-state index is 12.6. The predicted octanol–water partition coefficient (Wildman–Crippen LogP) is 0.920. The van der Waals surface area contributed by atoms with Crippen LogP contribution < -0.4 is 16.4 Å². The van der Waals surface area contributed by atoms with E-state index in [1.165, 1.54) is 11.8 Å². The molecular formula is C16H31N3O4S2. The summed E-state index contributed by atoms with van der Waals surface area (Å²) in [5.41, 5.74) is 5.85. The van der Waals surface area contributed by atoms with Crippen molar-refractivity contribution >= 4 is 41.3 Å². The lowest BCUT2D eigenvalue weighted by molar-refractivity contribution is -0.142. The molecule has 25 heavy (non-hydrogen) atoms. The van der Waals surface area contributed by atoms with Crippen LogP contribution in [0, 0.1) is 5.92 Å². The Kier molecular flexibility index (Phi) is 12.8. The molecule has 0 aromatic heterocycles. The number of nitrogens with one attached hydrogen (secondary N) is 2. The normalized spacial score (nSPS) is 15.7. The number of amides is 2. The van der Waals surface area contributed by atoms with Crippen molar-refractivity contribution in [2.45, 2.75) is 51.2 Å². The zero-order chi connectivity index (χ0) is 19.4. The fraction of sp³-hybridized carbons (Fsp3) is 0.812. The maximum atomic E-state index is 12.6. The van der Waals surface area contributed by atoms with E-state index in [0.717, 1.165) is 5.75 Å². The fourth-order valence-electron chi connectivity index (χ4n) is 2.09. The Morgan fingerprint density at radius 3 is 2.08 bits per heavy atom. The van der Waals surface area contributed by atoms with Crippen LogP contribution in [0.25, 0.3) is 0 Å². The minimum absolute atomic E-state index is 0.133. The molecule has 0 rings (SSSR count). The van der Waals surface area contributed by atoms with Crippen molar-refractivity contribution in [1.29, 1.82) is 0 Å². The van der Waals surface area contributed by atoms with Crippen molar-refractivity contribution in [2.24, 2.45) is 11.7 Å². The Morgan fingerprint density at radius 2 is 1.60 bits per heavy atom. The van der Waals surface area contributed by atoms with Crippen molar-refractivity contribution in [1.82, 2.24) is 10.6 Å². The summed E-state index contributed by atoms with van der Waals surface area (Å²) in [6.07, 6.45) is 5.32. The van der Waals surface area contributed by atoms with Gasteiger partial charge in [-0.1, -0.05) is 20.3 Å². The molecule has 4 atom stereocenters. The third-order valence-electron chi connectivity index (χ3n) is 3.99. The van der Waals surface area contributed by atoms with Gasteiger partial charge in [0.25, 0.3) is 0 Å². The van der Waals surface area contributed by atoms with Crippen molar-refractivity contribution in [3.8, 4) is 0 Å². The van der Waals surface area contributed by atoms with Gasteiger partial charge in [0.2, 0.25) is 11.8 Å². The molecule has 0 spiro atoms. The van der Waals surface area contributed by atoms with E-state index in [9.17, 15) is 19.5 Å². The summed E-state index contributed by atoms with van der Waals surface area (Å²) in [5, 5.41) is 14.5. The number of rotatable bonds is 13. The van der Waals surface area contributed by atoms with E-state index in [1.54, 1.807) is 11.8 Å². The number of thioether (sulfide) groups is 2. The van der Waals surface area contributed by atoms with E-state index in [4.69, 9.17) is 5.73 Å². The summed E-state index contributed by atoms with van der Waals surface area (Å²) < 4.78 is 0. The molecular weight excluding hydrogens is 362 g/mol. The van der Waals surface area contributed by atoms with Gasteiger partial charge in [-0.15, -0.1) is 0 Å². The Morgan fingerprint density at radius 1 is 1.04 bits per heavy atom. The molecule has 0 aliphatic rings. The van der Waals surface area contributed by atoms with Gasteiger partial charge < -0.3 is 21.5 Å². The van der Waals surface area contributed by atoms with Crippen LogP contribution in [0.2, 0.25) is 0 Å². The number of hydrogen-bond donors (Lipinski definition) is 4. The SMILES string of the molecule is CCC(C)C(NC(=O)C(N)CCSC)C(=O)NC(CCSC)C(=O)O. The van der Waals surface area contributed by atoms with E-state index in [1.807, 2.05) is 26.4 Å². The fourth-order valence-corrected chi connectivity index (χ4v) is 3.05. The molecule has 0 radical (unpaired) electrons. The highest BCUT2D eigenvalue weighted by atomic mass is 32.2. The third-order valence-corrected chi connectivity index (χ3v) is 5.28. The van der Waals surface area contributed by atoms with Crippen LogP contribution >= 0.6 is 23.5 Å². The maximum Gasteiger partial charge on any atom is 0.326 e. The first kappa shape index (κ1) is 24.1. The standard InChI is InChI=1S/C16H31N3O4S2/c1-5-10(2)13(19-14(20)11(17)6-8-24-3)15(21)18-12(16(22)23)7-9-25-4/h10-13H,5-9,17H2,1-4H3,(H,18,21)(H,19,20)(H,22,23). The summed E-state index contributed by atoms with van der Waals surface area (Å²) >= 11 is 3.11. The highest BCUT2D eigenvalue weighted by molar-refractivity contribution is 7.98. The summed E-state index contributed by atoms with van der Waals surface area (Å²) in [5.74, 6) is -0.694. The van der Waals surface area contributed by atoms with Gasteiger partial charge in [-0.3, -0.25) is 9.59 Å². The predicted molar refractivity (Wildman–Crippen MR) is 105 cm³/mol. The summed E-state index contributed by atoms with van der Waals surface area (Å²) in [6.45, 7) is 3.75. The molecule has 9 heteroatoms. The summed E-state index contributed by atoms with van der Waals surface area (Å²) in [4.78, 5) is 36.1. The molecule has 5 N–H and O–H groups in total. The summed E-state index contributed by atoms with van der Waals surface area (Å²) in [6, 6.07) is -2.44. The average molecular weight is 394 g/mol. The number of carboxylic acids is 1. The molecule has 0 aliphatic carbocycles. The second-order valence-electron chi connectivity index (χ2n) is 5.94. The van der Waals surface area contributed by atoms with E-state index in [0.29, 0.717) is 25.0 Å². The van der Waals surface area contributed by atoms with Gasteiger partial charge >= 0.3 is 5.97 Å². The van der Waals surface area contributed by atoms with E-state index in [2.05, 4.69) is 10.6 Å². The van der Waals surface area contributed by atoms with Crippen LogP contribution in [-0.4, -0.2) is 65.0 Å². The third kappa shape index (κ3) is 9.37. The Labute approximate surface area is 158 Å². The lowest BCUT2D eigenvalue weighted by Gasteiger charge is -2.26. The highest BCUT2D eigenvalue weighted by Gasteiger charge is 2.30. The van der Waals surface area contributed by atoms with Crippen LogP contribution in [-0.2, 0) is 14.4 Å². The van der Waals surface area contributed by atoms with Gasteiger partial charge in [0, 0.05) is 0 Å². The number of carboxylic acid groups (broad SMARTS) is 1. The second-order valence-corrected chi connectivity index (χ2v) is 7.91. The molecule has 7 nitrogen and oxygen atoms in total. The van der Waals surface area contributed by atoms with Crippen molar-refractivity contribution in [3.63, 3.8) is 0 Å².